The van der Waals surface area contributed by atoms with Crippen LogP contribution in [0.1, 0.15) is 22.2 Å². The molecule has 2 rings (SSSR count). The molecule has 112 valence electrons. The predicted octanol–water partition coefficient (Wildman–Crippen LogP) is 4.32. The smallest absolute Gasteiger partial charge is 0.257 e. The number of rotatable bonds is 5. The molecule has 0 spiro atoms. The van der Waals surface area contributed by atoms with E-state index in [0.717, 1.165) is 8.66 Å². The first kappa shape index (κ1) is 16.0. The van der Waals surface area contributed by atoms with E-state index in [1.807, 2.05) is 19.1 Å². The van der Waals surface area contributed by atoms with Gasteiger partial charge in [-0.25, -0.2) is 4.39 Å². The zero-order valence-corrected chi connectivity index (χ0v) is 14.1. The molecule has 0 fully saturated rings. The van der Waals surface area contributed by atoms with Gasteiger partial charge in [0.15, 0.2) is 0 Å². The zero-order valence-electron chi connectivity index (χ0n) is 11.7. The Kier molecular flexibility index (Phi) is 5.36. The normalized spacial score (nSPS) is 10.5. The topological polar surface area (TPSA) is 29.5 Å². The van der Waals surface area contributed by atoms with E-state index in [2.05, 4.69) is 15.9 Å². The van der Waals surface area contributed by atoms with Gasteiger partial charge in [-0.1, -0.05) is 0 Å². The zero-order chi connectivity index (χ0) is 15.4. The van der Waals surface area contributed by atoms with Crippen molar-refractivity contribution >= 4 is 33.2 Å². The van der Waals surface area contributed by atoms with E-state index in [4.69, 9.17) is 4.74 Å². The Morgan fingerprint density at radius 1 is 1.38 bits per heavy atom. The number of hydrogen-bond donors (Lipinski definition) is 0. The van der Waals surface area contributed by atoms with Crippen molar-refractivity contribution in [3.63, 3.8) is 0 Å². The summed E-state index contributed by atoms with van der Waals surface area (Å²) in [7, 11) is 1.46. The Labute approximate surface area is 135 Å². The number of benzene rings is 1. The molecular weight excluding hydrogens is 357 g/mol. The number of nitrogens with zero attached hydrogens (tertiary/aromatic N) is 1. The molecule has 0 aliphatic rings. The minimum Gasteiger partial charge on any atom is -0.497 e. The minimum atomic E-state index is -0.565. The lowest BCUT2D eigenvalue weighted by molar-refractivity contribution is 0.0749. The first-order valence-corrected chi connectivity index (χ1v) is 8.03. The molecule has 0 saturated carbocycles. The van der Waals surface area contributed by atoms with Crippen LogP contribution < -0.4 is 4.74 Å². The maximum Gasteiger partial charge on any atom is 0.257 e. The van der Waals surface area contributed by atoms with Crippen LogP contribution in [0.15, 0.2) is 34.1 Å². The highest BCUT2D eigenvalue weighted by Crippen LogP contribution is 2.24. The summed E-state index contributed by atoms with van der Waals surface area (Å²) in [6, 6.07) is 8.17. The van der Waals surface area contributed by atoms with E-state index in [0.29, 0.717) is 18.8 Å². The number of methoxy groups -OCH3 is 1. The van der Waals surface area contributed by atoms with Crippen molar-refractivity contribution in [2.75, 3.05) is 13.7 Å². The average Bonchev–Trinajstić information content (AvgIpc) is 2.89. The molecule has 0 bridgehead atoms. The van der Waals surface area contributed by atoms with Gasteiger partial charge in [-0.05, 0) is 47.1 Å². The molecule has 21 heavy (non-hydrogen) atoms. The number of carbonyl (C=O) groups excluding carboxylic acids is 1. The van der Waals surface area contributed by atoms with Crippen LogP contribution in [0.3, 0.4) is 0 Å². The highest BCUT2D eigenvalue weighted by molar-refractivity contribution is 9.11. The van der Waals surface area contributed by atoms with Crippen LogP contribution in [0, 0.1) is 5.82 Å². The van der Waals surface area contributed by atoms with Crippen LogP contribution in [-0.4, -0.2) is 24.5 Å². The molecule has 0 aliphatic carbocycles. The van der Waals surface area contributed by atoms with Gasteiger partial charge in [0.05, 0.1) is 23.0 Å². The highest BCUT2D eigenvalue weighted by atomic mass is 79.9. The Hall–Kier alpha value is -1.40. The largest absolute Gasteiger partial charge is 0.497 e. The van der Waals surface area contributed by atoms with Crippen molar-refractivity contribution in [2.45, 2.75) is 13.5 Å². The van der Waals surface area contributed by atoms with Gasteiger partial charge in [-0.15, -0.1) is 11.3 Å². The highest BCUT2D eigenvalue weighted by Gasteiger charge is 2.19. The lowest BCUT2D eigenvalue weighted by atomic mass is 10.1. The van der Waals surface area contributed by atoms with Crippen molar-refractivity contribution in [3.8, 4) is 5.75 Å². The van der Waals surface area contributed by atoms with Gasteiger partial charge in [0.1, 0.15) is 11.6 Å². The van der Waals surface area contributed by atoms with Gasteiger partial charge in [0.25, 0.3) is 5.91 Å². The molecular formula is C15H15BrFNO2S. The van der Waals surface area contributed by atoms with Crippen LogP contribution in [-0.2, 0) is 6.54 Å². The Morgan fingerprint density at radius 2 is 2.14 bits per heavy atom. The van der Waals surface area contributed by atoms with E-state index in [9.17, 15) is 9.18 Å². The first-order chi connectivity index (χ1) is 10.0. The molecule has 0 unspecified atom stereocenters. The Morgan fingerprint density at radius 3 is 2.67 bits per heavy atom. The SMILES string of the molecule is CCN(Cc1ccc(Br)s1)C(=O)c1ccc(OC)cc1F. The lowest BCUT2D eigenvalue weighted by Gasteiger charge is -2.20. The summed E-state index contributed by atoms with van der Waals surface area (Å²) in [6.45, 7) is 2.86. The lowest BCUT2D eigenvalue weighted by Crippen LogP contribution is -2.30. The monoisotopic (exact) mass is 371 g/mol. The van der Waals surface area contributed by atoms with Gasteiger partial charge in [-0.3, -0.25) is 4.79 Å². The second-order valence-corrected chi connectivity index (χ2v) is 6.92. The third-order valence-electron chi connectivity index (χ3n) is 3.05. The summed E-state index contributed by atoms with van der Waals surface area (Å²) in [4.78, 5) is 15.1. The van der Waals surface area contributed by atoms with Gasteiger partial charge < -0.3 is 9.64 Å². The summed E-state index contributed by atoms with van der Waals surface area (Å²) in [5, 5.41) is 0. The van der Waals surface area contributed by atoms with Gasteiger partial charge in [-0.2, -0.15) is 0 Å². The fourth-order valence-corrected chi connectivity index (χ4v) is 3.42. The Bertz CT molecular complexity index is 644. The molecule has 0 aliphatic heterocycles. The predicted molar refractivity (Wildman–Crippen MR) is 85.4 cm³/mol. The quantitative estimate of drug-likeness (QED) is 0.782. The molecule has 1 heterocycles. The second kappa shape index (κ2) is 7.04. The summed E-state index contributed by atoms with van der Waals surface area (Å²) in [5.74, 6) is -0.485. The van der Waals surface area contributed by atoms with Crippen LogP contribution >= 0.6 is 27.3 Å². The van der Waals surface area contributed by atoms with Crippen molar-refractivity contribution in [1.29, 1.82) is 0 Å². The third kappa shape index (κ3) is 3.83. The van der Waals surface area contributed by atoms with E-state index in [-0.39, 0.29) is 11.5 Å². The van der Waals surface area contributed by atoms with Crippen molar-refractivity contribution in [3.05, 3.63) is 50.4 Å². The first-order valence-electron chi connectivity index (χ1n) is 6.42. The summed E-state index contributed by atoms with van der Waals surface area (Å²) in [5.41, 5.74) is 0.0632. The van der Waals surface area contributed by atoms with Gasteiger partial charge >= 0.3 is 0 Å². The summed E-state index contributed by atoms with van der Waals surface area (Å²) < 4.78 is 20.0. The fourth-order valence-electron chi connectivity index (χ4n) is 1.92. The van der Waals surface area contributed by atoms with Crippen LogP contribution in [0.5, 0.6) is 5.75 Å². The molecule has 0 radical (unpaired) electrons. The van der Waals surface area contributed by atoms with E-state index in [1.54, 1.807) is 22.3 Å². The van der Waals surface area contributed by atoms with E-state index < -0.39 is 5.82 Å². The van der Waals surface area contributed by atoms with E-state index in [1.165, 1.54) is 19.2 Å². The van der Waals surface area contributed by atoms with Crippen LogP contribution in [0.4, 0.5) is 4.39 Å². The second-order valence-electron chi connectivity index (χ2n) is 4.37. The molecule has 1 aromatic carbocycles. The maximum atomic E-state index is 14.0. The molecule has 2 aromatic rings. The minimum absolute atomic E-state index is 0.0632. The number of ether oxygens (including phenoxy) is 1. The number of thiophene rings is 1. The molecule has 1 aromatic heterocycles. The molecule has 1 amide bonds. The number of halogens is 2. The third-order valence-corrected chi connectivity index (χ3v) is 4.66. The van der Waals surface area contributed by atoms with Gasteiger partial charge in [0, 0.05) is 17.5 Å². The van der Waals surface area contributed by atoms with Crippen molar-refractivity contribution in [2.24, 2.45) is 0 Å². The molecule has 6 heteroatoms. The van der Waals surface area contributed by atoms with Crippen LogP contribution in [0.25, 0.3) is 0 Å². The maximum absolute atomic E-state index is 14.0. The number of hydrogen-bond acceptors (Lipinski definition) is 3. The van der Waals surface area contributed by atoms with Crippen molar-refractivity contribution in [1.82, 2.24) is 4.90 Å². The standard InChI is InChI=1S/C15H15BrFNO2S/c1-3-18(9-11-5-7-14(16)21-11)15(19)12-6-4-10(20-2)8-13(12)17/h4-8H,3,9H2,1-2H3. The molecule has 0 atom stereocenters. The molecule has 0 saturated heterocycles. The Balaban J connectivity index is 2.19. The van der Waals surface area contributed by atoms with Crippen LogP contribution in [0.2, 0.25) is 0 Å². The number of amides is 1. The summed E-state index contributed by atoms with van der Waals surface area (Å²) in [6.07, 6.45) is 0. The fraction of sp³-hybridized carbons (Fsp3) is 0.267. The van der Waals surface area contributed by atoms with Gasteiger partial charge in [0.2, 0.25) is 0 Å². The molecule has 0 N–H and O–H groups in total. The van der Waals surface area contributed by atoms with Crippen molar-refractivity contribution < 1.29 is 13.9 Å². The number of carbonyl (C=O) groups is 1. The average molecular weight is 372 g/mol. The van der Waals surface area contributed by atoms with E-state index >= 15 is 0 Å². The summed E-state index contributed by atoms with van der Waals surface area (Å²) >= 11 is 4.96. The molecule has 3 nitrogen and oxygen atoms in total.